The summed E-state index contributed by atoms with van der Waals surface area (Å²) in [6.07, 6.45) is 0. The highest BCUT2D eigenvalue weighted by Crippen LogP contribution is 2.00. The summed E-state index contributed by atoms with van der Waals surface area (Å²) in [5.41, 5.74) is 0. The van der Waals surface area contributed by atoms with Gasteiger partial charge in [0.05, 0.1) is 0 Å². The van der Waals surface area contributed by atoms with Crippen LogP contribution in [0.3, 0.4) is 0 Å². The van der Waals surface area contributed by atoms with Crippen LogP contribution in [0.25, 0.3) is 0 Å². The van der Waals surface area contributed by atoms with E-state index in [1.807, 2.05) is 24.3 Å². The van der Waals surface area contributed by atoms with E-state index in [1.165, 1.54) is 0 Å². The molecule has 0 aliphatic carbocycles. The van der Waals surface area contributed by atoms with Crippen LogP contribution in [-0.2, 0) is 0 Å². The van der Waals surface area contributed by atoms with E-state index in [1.54, 1.807) is 0 Å². The van der Waals surface area contributed by atoms with Crippen molar-refractivity contribution < 1.29 is 0 Å². The molecule has 1 rings (SSSR count). The second-order valence-electron chi connectivity index (χ2n) is 1.26. The van der Waals surface area contributed by atoms with Gasteiger partial charge in [0.15, 0.2) is 0 Å². The molecule has 0 fully saturated rings. The van der Waals surface area contributed by atoms with Gasteiger partial charge in [-0.25, -0.2) is 0 Å². The summed E-state index contributed by atoms with van der Waals surface area (Å²) in [7, 11) is 0. The van der Waals surface area contributed by atoms with E-state index >= 15 is 0 Å². The zero-order valence-corrected chi connectivity index (χ0v) is 4.65. The van der Waals surface area contributed by atoms with E-state index < -0.39 is 0 Å². The smallest absolute Gasteiger partial charge is 0.00404 e. The molecule has 0 bridgehead atoms. The number of thiol groups is 1. The van der Waals surface area contributed by atoms with E-state index in [0.717, 1.165) is 4.90 Å². The second kappa shape index (κ2) is 2.03. The van der Waals surface area contributed by atoms with Gasteiger partial charge in [-0.05, 0) is 18.2 Å². The summed E-state index contributed by atoms with van der Waals surface area (Å²) in [5, 5.41) is 0. The minimum absolute atomic E-state index is 0.985. The lowest BCUT2D eigenvalue weighted by Crippen LogP contribution is -1.57. The molecule has 35 valence electrons. The fourth-order valence-corrected chi connectivity index (χ4v) is 0.527. The first kappa shape index (κ1) is 4.72. The Morgan fingerprint density at radius 2 is 1.86 bits per heavy atom. The van der Waals surface area contributed by atoms with Crippen molar-refractivity contribution >= 4 is 12.6 Å². The van der Waals surface area contributed by atoms with E-state index in [0.29, 0.717) is 0 Å². The normalized spacial score (nSPS) is 8.71. The molecule has 1 aromatic rings. The molecule has 7 heavy (non-hydrogen) atoms. The zero-order chi connectivity index (χ0) is 5.11. The Morgan fingerprint density at radius 1 is 1.29 bits per heavy atom. The van der Waals surface area contributed by atoms with Gasteiger partial charge in [-0.2, -0.15) is 0 Å². The lowest BCUT2D eigenvalue weighted by Gasteiger charge is -1.81. The Balaban J connectivity index is 3.02. The van der Waals surface area contributed by atoms with Gasteiger partial charge in [0.25, 0.3) is 0 Å². The molecule has 0 aliphatic rings. The summed E-state index contributed by atoms with van der Waals surface area (Å²) in [6, 6.07) is 10.3. The molecule has 0 saturated carbocycles. The van der Waals surface area contributed by atoms with Crippen LogP contribution in [0.5, 0.6) is 0 Å². The van der Waals surface area contributed by atoms with Crippen molar-refractivity contribution in [1.82, 2.24) is 0 Å². The molecule has 0 aliphatic heterocycles. The van der Waals surface area contributed by atoms with Crippen molar-refractivity contribution in [2.24, 2.45) is 0 Å². The summed E-state index contributed by atoms with van der Waals surface area (Å²) >= 11 is 4.06. The van der Waals surface area contributed by atoms with Crippen molar-refractivity contribution in [1.29, 1.82) is 0 Å². The van der Waals surface area contributed by atoms with Crippen LogP contribution in [0.15, 0.2) is 29.2 Å². The van der Waals surface area contributed by atoms with Crippen LogP contribution in [0.1, 0.15) is 0 Å². The maximum atomic E-state index is 4.06. The van der Waals surface area contributed by atoms with Crippen molar-refractivity contribution in [3.8, 4) is 0 Å². The topological polar surface area (TPSA) is 0 Å². The van der Waals surface area contributed by atoms with Crippen molar-refractivity contribution in [2.45, 2.75) is 4.90 Å². The molecular formula is C6H5S. The first-order valence-electron chi connectivity index (χ1n) is 2.04. The Hall–Kier alpha value is -0.430. The van der Waals surface area contributed by atoms with E-state index in [4.69, 9.17) is 0 Å². The van der Waals surface area contributed by atoms with E-state index in [2.05, 4.69) is 18.7 Å². The molecule has 0 heterocycles. The van der Waals surface area contributed by atoms with Gasteiger partial charge < -0.3 is 0 Å². The molecule has 0 spiro atoms. The Bertz CT molecular complexity index is 134. The van der Waals surface area contributed by atoms with Crippen molar-refractivity contribution in [3.05, 3.63) is 30.3 Å². The third kappa shape index (κ3) is 1.24. The monoisotopic (exact) mass is 109 g/mol. The molecule has 0 saturated heterocycles. The summed E-state index contributed by atoms with van der Waals surface area (Å²) in [5.74, 6) is 0. The average Bonchev–Trinajstić information content (AvgIpc) is 1.69. The van der Waals surface area contributed by atoms with Gasteiger partial charge in [-0.1, -0.05) is 12.1 Å². The summed E-state index contributed by atoms with van der Waals surface area (Å²) in [4.78, 5) is 0.985. The Labute approximate surface area is 48.6 Å². The summed E-state index contributed by atoms with van der Waals surface area (Å²) < 4.78 is 0. The molecule has 0 nitrogen and oxygen atoms in total. The van der Waals surface area contributed by atoms with Crippen LogP contribution < -0.4 is 0 Å². The van der Waals surface area contributed by atoms with Crippen molar-refractivity contribution in [2.75, 3.05) is 0 Å². The molecule has 0 amide bonds. The van der Waals surface area contributed by atoms with Gasteiger partial charge in [0.1, 0.15) is 0 Å². The van der Waals surface area contributed by atoms with E-state index in [-0.39, 0.29) is 0 Å². The quantitative estimate of drug-likeness (QED) is 0.482. The molecule has 1 aromatic carbocycles. The van der Waals surface area contributed by atoms with Gasteiger partial charge in [-0.3, -0.25) is 0 Å². The maximum absolute atomic E-state index is 4.06. The number of rotatable bonds is 0. The van der Waals surface area contributed by atoms with Crippen molar-refractivity contribution in [3.63, 3.8) is 0 Å². The van der Waals surface area contributed by atoms with Crippen LogP contribution in [0, 0.1) is 6.07 Å². The van der Waals surface area contributed by atoms with Gasteiger partial charge in [0, 0.05) is 4.90 Å². The van der Waals surface area contributed by atoms with Gasteiger partial charge in [-0.15, -0.1) is 12.6 Å². The molecule has 1 radical (unpaired) electrons. The zero-order valence-electron chi connectivity index (χ0n) is 3.76. The standard InChI is InChI=1S/C6H5S/c7-6-4-2-1-3-5-6/h2-5,7H. The average molecular weight is 109 g/mol. The van der Waals surface area contributed by atoms with Crippen LogP contribution in [0.4, 0.5) is 0 Å². The van der Waals surface area contributed by atoms with Crippen LogP contribution >= 0.6 is 12.6 Å². The highest BCUT2D eigenvalue weighted by atomic mass is 32.1. The molecule has 1 heteroatoms. The third-order valence-electron chi connectivity index (χ3n) is 0.701. The lowest BCUT2D eigenvalue weighted by molar-refractivity contribution is 1.47. The Kier molecular flexibility index (Phi) is 1.37. The highest BCUT2D eigenvalue weighted by molar-refractivity contribution is 7.80. The molecule has 0 atom stereocenters. The first-order valence-corrected chi connectivity index (χ1v) is 2.49. The molecule has 0 N–H and O–H groups in total. The predicted octanol–water partition coefficient (Wildman–Crippen LogP) is 1.78. The second-order valence-corrected chi connectivity index (χ2v) is 1.77. The number of hydrogen-bond donors (Lipinski definition) is 1. The fourth-order valence-electron chi connectivity index (χ4n) is 0.378. The van der Waals surface area contributed by atoms with Gasteiger partial charge >= 0.3 is 0 Å². The van der Waals surface area contributed by atoms with E-state index in [9.17, 15) is 0 Å². The lowest BCUT2D eigenvalue weighted by atomic mass is 10.4. The molecule has 0 unspecified atom stereocenters. The first-order chi connectivity index (χ1) is 3.39. The van der Waals surface area contributed by atoms with Gasteiger partial charge in [0.2, 0.25) is 0 Å². The molecular weight excluding hydrogens is 104 g/mol. The predicted molar refractivity (Wildman–Crippen MR) is 32.5 cm³/mol. The summed E-state index contributed by atoms with van der Waals surface area (Å²) in [6.45, 7) is 0. The highest BCUT2D eigenvalue weighted by Gasteiger charge is 1.73. The van der Waals surface area contributed by atoms with Crippen LogP contribution in [-0.4, -0.2) is 0 Å². The van der Waals surface area contributed by atoms with Crippen LogP contribution in [0.2, 0.25) is 0 Å². The minimum atomic E-state index is 0.985. The Morgan fingerprint density at radius 3 is 2.14 bits per heavy atom. The maximum Gasteiger partial charge on any atom is 0.00404 e. The number of benzene rings is 1. The SMILES string of the molecule is Sc1cc[c]cc1. The largest absolute Gasteiger partial charge is 0.143 e. The minimum Gasteiger partial charge on any atom is -0.143 e. The number of hydrogen-bond acceptors (Lipinski definition) is 1. The fraction of sp³-hybridized carbons (Fsp3) is 0. The molecule has 0 aromatic heterocycles. The third-order valence-corrected chi connectivity index (χ3v) is 0.999.